The molecule has 1 aliphatic heterocycles. The summed E-state index contributed by atoms with van der Waals surface area (Å²) in [6, 6.07) is 0. The number of nitro groups is 1. The predicted octanol–water partition coefficient (Wildman–Crippen LogP) is -0.909. The molecule has 0 spiro atoms. The first-order chi connectivity index (χ1) is 7.10. The molecular formula is C6H11N7O2. The van der Waals surface area contributed by atoms with Crippen LogP contribution in [0.4, 0.5) is 0 Å². The van der Waals surface area contributed by atoms with E-state index in [4.69, 9.17) is 11.1 Å². The van der Waals surface area contributed by atoms with Crippen molar-refractivity contribution in [1.82, 2.24) is 15.0 Å². The summed E-state index contributed by atoms with van der Waals surface area (Å²) in [5.74, 6) is 5.31. The van der Waals surface area contributed by atoms with Crippen molar-refractivity contribution in [3.8, 4) is 6.19 Å². The van der Waals surface area contributed by atoms with Crippen molar-refractivity contribution in [3.05, 3.63) is 10.1 Å². The van der Waals surface area contributed by atoms with Crippen LogP contribution in [0.2, 0.25) is 0 Å². The van der Waals surface area contributed by atoms with Gasteiger partial charge in [0, 0.05) is 11.6 Å². The lowest BCUT2D eigenvalue weighted by Gasteiger charge is -2.14. The molecule has 0 bridgehead atoms. The van der Waals surface area contributed by atoms with Crippen molar-refractivity contribution in [2.45, 2.75) is 13.3 Å². The third-order valence-electron chi connectivity index (χ3n) is 1.73. The number of hydrogen-bond donors (Lipinski definition) is 1. The van der Waals surface area contributed by atoms with Gasteiger partial charge in [-0.15, -0.1) is 5.10 Å². The minimum atomic E-state index is -0.867. The summed E-state index contributed by atoms with van der Waals surface area (Å²) in [6.45, 7) is 2.83. The molecule has 0 saturated carbocycles. The molecule has 0 unspecified atom stereocenters. The van der Waals surface area contributed by atoms with Crippen LogP contribution in [0.3, 0.4) is 0 Å². The molecule has 0 saturated heterocycles. The summed E-state index contributed by atoms with van der Waals surface area (Å²) in [5.41, 5.74) is 0. The van der Waals surface area contributed by atoms with Gasteiger partial charge in [0.1, 0.15) is 6.67 Å². The zero-order chi connectivity index (χ0) is 11.4. The molecule has 0 aromatic rings. The summed E-state index contributed by atoms with van der Waals surface area (Å²) >= 11 is 0. The lowest BCUT2D eigenvalue weighted by molar-refractivity contribution is -0.612. The average molecular weight is 213 g/mol. The minimum absolute atomic E-state index is 0.170. The Balaban J connectivity index is 2.80. The monoisotopic (exact) mass is 213 g/mol. The molecule has 0 atom stereocenters. The number of guanidine groups is 1. The first kappa shape index (κ1) is 11.0. The predicted molar refractivity (Wildman–Crippen MR) is 49.8 cm³/mol. The summed E-state index contributed by atoms with van der Waals surface area (Å²) in [7, 11) is 0. The highest BCUT2D eigenvalue weighted by Crippen LogP contribution is 2.07. The van der Waals surface area contributed by atoms with E-state index in [1.165, 1.54) is 6.19 Å². The van der Waals surface area contributed by atoms with Crippen molar-refractivity contribution < 1.29 is 5.03 Å². The zero-order valence-electron chi connectivity index (χ0n) is 8.20. The van der Waals surface area contributed by atoms with Crippen molar-refractivity contribution in [3.63, 3.8) is 0 Å². The molecule has 82 valence electrons. The number of hydrazine groups is 2. The lowest BCUT2D eigenvalue weighted by Crippen LogP contribution is -2.46. The Morgan fingerprint density at radius 3 is 3.00 bits per heavy atom. The fourth-order valence-electron chi connectivity index (χ4n) is 1.15. The normalized spacial score (nSPS) is 14.9. The molecule has 0 amide bonds. The largest absolute Gasteiger partial charge is 0.316 e. The van der Waals surface area contributed by atoms with E-state index in [0.717, 1.165) is 11.4 Å². The molecule has 2 N–H and O–H groups in total. The second kappa shape index (κ2) is 4.43. The number of rotatable bonds is 3. The fourth-order valence-corrected chi connectivity index (χ4v) is 1.15. The molecule has 1 heterocycles. The minimum Gasteiger partial charge on any atom is -0.272 e. The van der Waals surface area contributed by atoms with Crippen LogP contribution in [0.15, 0.2) is 5.10 Å². The Morgan fingerprint density at radius 2 is 2.53 bits per heavy atom. The molecular weight excluding hydrogens is 202 g/mol. The van der Waals surface area contributed by atoms with E-state index in [-0.39, 0.29) is 17.6 Å². The zero-order valence-corrected chi connectivity index (χ0v) is 8.20. The van der Waals surface area contributed by atoms with Crippen molar-refractivity contribution in [1.29, 1.82) is 5.26 Å². The summed E-state index contributed by atoms with van der Waals surface area (Å²) in [4.78, 5) is 10.5. The van der Waals surface area contributed by atoms with E-state index in [1.54, 1.807) is 5.01 Å². The molecule has 15 heavy (non-hydrogen) atoms. The van der Waals surface area contributed by atoms with Crippen LogP contribution in [0.5, 0.6) is 0 Å². The van der Waals surface area contributed by atoms with Gasteiger partial charge in [-0.3, -0.25) is 10.0 Å². The Labute approximate surface area is 86.0 Å². The van der Waals surface area contributed by atoms with Crippen LogP contribution in [-0.2, 0) is 0 Å². The third kappa shape index (κ3) is 2.23. The Kier molecular flexibility index (Phi) is 3.25. The van der Waals surface area contributed by atoms with Gasteiger partial charge in [0.25, 0.3) is 6.19 Å². The van der Waals surface area contributed by atoms with E-state index in [0.29, 0.717) is 6.54 Å². The van der Waals surface area contributed by atoms with Gasteiger partial charge in [-0.25, -0.2) is 16.0 Å². The van der Waals surface area contributed by atoms with E-state index in [1.807, 2.05) is 6.92 Å². The van der Waals surface area contributed by atoms with Crippen molar-refractivity contribution >= 4 is 5.96 Å². The number of nitrogens with zero attached hydrogens (tertiary/aromatic N) is 6. The number of nitrogens with two attached hydrogens (primary N) is 1. The van der Waals surface area contributed by atoms with E-state index < -0.39 is 5.03 Å². The quantitative estimate of drug-likeness (QED) is 0.212. The van der Waals surface area contributed by atoms with Gasteiger partial charge in [-0.05, 0) is 6.42 Å². The molecule has 1 aliphatic rings. The number of hydrogen-bond acceptors (Lipinski definition) is 7. The molecule has 9 heteroatoms. The fraction of sp³-hybridized carbons (Fsp3) is 0.667. The molecule has 1 rings (SSSR count). The van der Waals surface area contributed by atoms with Crippen LogP contribution in [-0.4, -0.2) is 39.2 Å². The van der Waals surface area contributed by atoms with Crippen LogP contribution in [0, 0.1) is 21.6 Å². The Bertz CT molecular complexity index is 322. The van der Waals surface area contributed by atoms with Gasteiger partial charge in [-0.2, -0.15) is 5.26 Å². The van der Waals surface area contributed by atoms with Crippen LogP contribution in [0.25, 0.3) is 0 Å². The molecule has 0 radical (unpaired) electrons. The maximum absolute atomic E-state index is 10.5. The Morgan fingerprint density at radius 1 is 1.87 bits per heavy atom. The maximum Gasteiger partial charge on any atom is 0.316 e. The van der Waals surface area contributed by atoms with Gasteiger partial charge in [0.05, 0.1) is 0 Å². The average Bonchev–Trinajstić information content (AvgIpc) is 2.49. The first-order valence-electron chi connectivity index (χ1n) is 4.30. The van der Waals surface area contributed by atoms with Crippen LogP contribution in [0.1, 0.15) is 13.3 Å². The van der Waals surface area contributed by atoms with E-state index in [2.05, 4.69) is 5.10 Å². The van der Waals surface area contributed by atoms with E-state index >= 15 is 0 Å². The van der Waals surface area contributed by atoms with Gasteiger partial charge in [0.15, 0.2) is 5.03 Å². The highest BCUT2D eigenvalue weighted by molar-refractivity contribution is 5.80. The second-order valence-corrected chi connectivity index (χ2v) is 2.89. The highest BCUT2D eigenvalue weighted by Gasteiger charge is 2.32. The Hall–Kier alpha value is -2.08. The van der Waals surface area contributed by atoms with Gasteiger partial charge in [0.2, 0.25) is 0 Å². The third-order valence-corrected chi connectivity index (χ3v) is 1.73. The van der Waals surface area contributed by atoms with Crippen LogP contribution >= 0.6 is 0 Å². The molecule has 0 aliphatic carbocycles. The van der Waals surface area contributed by atoms with Gasteiger partial charge < -0.3 is 0 Å². The standard InChI is InChI=1S/C6H11N7O2/c1-2-3-10-5-11(8)6(9-10)12(4-7)13(14)15/h2-3,5,8H2,1H3. The molecule has 0 fully saturated rings. The topological polar surface area (TPSA) is 115 Å². The summed E-state index contributed by atoms with van der Waals surface area (Å²) in [5, 5.41) is 24.8. The summed E-state index contributed by atoms with van der Waals surface area (Å²) < 4.78 is 0. The van der Waals surface area contributed by atoms with Crippen molar-refractivity contribution in [2.24, 2.45) is 10.9 Å². The number of hydrazone groups is 1. The van der Waals surface area contributed by atoms with Gasteiger partial charge >= 0.3 is 5.96 Å². The second-order valence-electron chi connectivity index (χ2n) is 2.89. The number of nitriles is 1. The maximum atomic E-state index is 10.5. The first-order valence-corrected chi connectivity index (χ1v) is 4.30. The smallest absolute Gasteiger partial charge is 0.272 e. The van der Waals surface area contributed by atoms with Crippen molar-refractivity contribution in [2.75, 3.05) is 13.2 Å². The summed E-state index contributed by atoms with van der Waals surface area (Å²) in [6.07, 6.45) is 2.23. The molecule has 0 aromatic heterocycles. The lowest BCUT2D eigenvalue weighted by atomic mass is 10.5. The highest BCUT2D eigenvalue weighted by atomic mass is 16.7. The van der Waals surface area contributed by atoms with Crippen LogP contribution < -0.4 is 5.84 Å². The van der Waals surface area contributed by atoms with Gasteiger partial charge in [-0.1, -0.05) is 6.92 Å². The molecule has 9 nitrogen and oxygen atoms in total. The SMILES string of the molecule is CCCN1CN(N)C(N(C#N)[N+](=O)[O-])=N1. The molecule has 0 aromatic carbocycles. The van der Waals surface area contributed by atoms with E-state index in [9.17, 15) is 10.1 Å².